The fourth-order valence-electron chi connectivity index (χ4n) is 2.56. The van der Waals surface area contributed by atoms with Crippen molar-refractivity contribution < 1.29 is 22.8 Å². The maximum Gasteiger partial charge on any atom is 0.416 e. The zero-order valence-corrected chi connectivity index (χ0v) is 12.6. The summed E-state index contributed by atoms with van der Waals surface area (Å²) in [5.41, 5.74) is -0.694. The van der Waals surface area contributed by atoms with Crippen molar-refractivity contribution in [2.75, 3.05) is 13.1 Å². The van der Waals surface area contributed by atoms with Gasteiger partial charge in [0.25, 0.3) is 0 Å². The van der Waals surface area contributed by atoms with Crippen LogP contribution in [0, 0.1) is 0 Å². The van der Waals surface area contributed by atoms with E-state index in [1.807, 2.05) is 0 Å². The first-order valence-corrected chi connectivity index (χ1v) is 7.28. The molecule has 0 aromatic heterocycles. The van der Waals surface area contributed by atoms with Crippen LogP contribution >= 0.6 is 0 Å². The summed E-state index contributed by atoms with van der Waals surface area (Å²) in [5.74, 6) is -0.274. The second-order valence-corrected chi connectivity index (χ2v) is 5.33. The molecular weight excluding hydrogens is 311 g/mol. The summed E-state index contributed by atoms with van der Waals surface area (Å²) in [7, 11) is 0. The van der Waals surface area contributed by atoms with Gasteiger partial charge in [-0.1, -0.05) is 18.2 Å². The third kappa shape index (κ3) is 4.37. The molecule has 1 aromatic rings. The third-order valence-electron chi connectivity index (χ3n) is 3.57. The molecule has 1 atom stereocenters. The van der Waals surface area contributed by atoms with E-state index in [0.29, 0.717) is 6.54 Å². The van der Waals surface area contributed by atoms with Crippen LogP contribution < -0.4 is 10.6 Å². The number of alkyl halides is 3. The Labute approximate surface area is 131 Å². The monoisotopic (exact) mass is 329 g/mol. The fraction of sp³-hybridized carbons (Fsp3) is 0.467. The van der Waals surface area contributed by atoms with Gasteiger partial charge < -0.3 is 15.5 Å². The summed E-state index contributed by atoms with van der Waals surface area (Å²) in [4.78, 5) is 24.8. The molecule has 1 aromatic carbocycles. The lowest BCUT2D eigenvalue weighted by Crippen LogP contribution is -2.43. The number of rotatable bonds is 4. The summed E-state index contributed by atoms with van der Waals surface area (Å²) in [5, 5.41) is 5.19. The van der Waals surface area contributed by atoms with Gasteiger partial charge in [-0.15, -0.1) is 0 Å². The smallest absolute Gasteiger partial charge is 0.338 e. The summed E-state index contributed by atoms with van der Waals surface area (Å²) in [6.07, 6.45) is -4.37. The van der Waals surface area contributed by atoms with Gasteiger partial charge in [-0.3, -0.25) is 4.79 Å². The van der Waals surface area contributed by atoms with Crippen LogP contribution in [0.5, 0.6) is 0 Å². The second-order valence-electron chi connectivity index (χ2n) is 5.33. The number of carbonyl (C=O) groups excluding carboxylic acids is 2. The SMILES string of the molecule is CCNC(=O)N[C@@H]1CC(=O)N(Cc2ccccc2C(F)(F)F)C1. The minimum Gasteiger partial charge on any atom is -0.338 e. The molecule has 2 rings (SSSR count). The van der Waals surface area contributed by atoms with Crippen LogP contribution in [0.15, 0.2) is 24.3 Å². The molecule has 126 valence electrons. The van der Waals surface area contributed by atoms with E-state index in [0.717, 1.165) is 6.07 Å². The number of amides is 3. The third-order valence-corrected chi connectivity index (χ3v) is 3.57. The minimum atomic E-state index is -4.46. The average Bonchev–Trinajstić information content (AvgIpc) is 2.78. The van der Waals surface area contributed by atoms with Gasteiger partial charge in [0.05, 0.1) is 11.6 Å². The maximum absolute atomic E-state index is 13.0. The molecule has 1 aliphatic rings. The predicted octanol–water partition coefficient (Wildman–Crippen LogP) is 2.13. The second kappa shape index (κ2) is 6.89. The number of nitrogens with zero attached hydrogens (tertiary/aromatic N) is 1. The summed E-state index contributed by atoms with van der Waals surface area (Å²) >= 11 is 0. The van der Waals surface area contributed by atoms with Gasteiger partial charge in [0.1, 0.15) is 0 Å². The van der Waals surface area contributed by atoms with E-state index >= 15 is 0 Å². The van der Waals surface area contributed by atoms with Gasteiger partial charge in [-0.05, 0) is 18.6 Å². The quantitative estimate of drug-likeness (QED) is 0.889. The number of hydrogen-bond donors (Lipinski definition) is 2. The Morgan fingerprint density at radius 3 is 2.70 bits per heavy atom. The molecule has 0 saturated carbocycles. The molecule has 1 heterocycles. The molecule has 5 nitrogen and oxygen atoms in total. The normalized spacial score (nSPS) is 18.2. The molecule has 23 heavy (non-hydrogen) atoms. The molecule has 0 aliphatic carbocycles. The summed E-state index contributed by atoms with van der Waals surface area (Å²) in [6, 6.07) is 4.41. The molecule has 0 bridgehead atoms. The Hall–Kier alpha value is -2.25. The summed E-state index contributed by atoms with van der Waals surface area (Å²) < 4.78 is 39.0. The van der Waals surface area contributed by atoms with Crippen LogP contribution in [0.1, 0.15) is 24.5 Å². The van der Waals surface area contributed by atoms with Gasteiger partial charge in [0.2, 0.25) is 5.91 Å². The van der Waals surface area contributed by atoms with Crippen molar-refractivity contribution in [1.29, 1.82) is 0 Å². The molecule has 3 amide bonds. The van der Waals surface area contributed by atoms with Crippen LogP contribution in [0.3, 0.4) is 0 Å². The molecule has 1 aliphatic heterocycles. The number of likely N-dealkylation sites (tertiary alicyclic amines) is 1. The number of benzene rings is 1. The van der Waals surface area contributed by atoms with Crippen LogP contribution in [-0.2, 0) is 17.5 Å². The number of nitrogens with one attached hydrogen (secondary N) is 2. The van der Waals surface area contributed by atoms with E-state index in [2.05, 4.69) is 10.6 Å². The molecular formula is C15H18F3N3O2. The Kier molecular flexibility index (Phi) is 5.12. The fourth-order valence-corrected chi connectivity index (χ4v) is 2.56. The topological polar surface area (TPSA) is 61.4 Å². The van der Waals surface area contributed by atoms with Crippen LogP contribution in [0.2, 0.25) is 0 Å². The van der Waals surface area contributed by atoms with E-state index in [4.69, 9.17) is 0 Å². The van der Waals surface area contributed by atoms with E-state index < -0.39 is 17.8 Å². The van der Waals surface area contributed by atoms with Crippen molar-refractivity contribution in [3.63, 3.8) is 0 Å². The molecule has 0 spiro atoms. The maximum atomic E-state index is 13.0. The Bertz CT molecular complexity index is 590. The van der Waals surface area contributed by atoms with E-state index in [1.54, 1.807) is 6.92 Å². The highest BCUT2D eigenvalue weighted by Crippen LogP contribution is 2.32. The van der Waals surface area contributed by atoms with Crippen molar-refractivity contribution in [1.82, 2.24) is 15.5 Å². The standard InChI is InChI=1S/C15H18F3N3O2/c1-2-19-14(23)20-11-7-13(22)21(9-11)8-10-5-3-4-6-12(10)15(16,17)18/h3-6,11H,2,7-9H2,1H3,(H2,19,20,23)/t11-/m1/s1. The Balaban J connectivity index is 2.04. The Morgan fingerprint density at radius 1 is 1.35 bits per heavy atom. The molecule has 2 N–H and O–H groups in total. The molecule has 8 heteroatoms. The number of carbonyl (C=O) groups is 2. The number of hydrogen-bond acceptors (Lipinski definition) is 2. The first kappa shape index (κ1) is 17.1. The number of urea groups is 1. The van der Waals surface area contributed by atoms with Crippen LogP contribution in [0.25, 0.3) is 0 Å². The lowest BCUT2D eigenvalue weighted by atomic mass is 10.1. The van der Waals surface area contributed by atoms with Crippen molar-refractivity contribution >= 4 is 11.9 Å². The zero-order chi connectivity index (χ0) is 17.0. The highest BCUT2D eigenvalue weighted by atomic mass is 19.4. The van der Waals surface area contributed by atoms with E-state index in [-0.39, 0.29) is 37.0 Å². The zero-order valence-electron chi connectivity index (χ0n) is 12.6. The van der Waals surface area contributed by atoms with E-state index in [1.165, 1.54) is 23.1 Å². The van der Waals surface area contributed by atoms with Gasteiger partial charge in [0.15, 0.2) is 0 Å². The first-order valence-electron chi connectivity index (χ1n) is 7.28. The van der Waals surface area contributed by atoms with Gasteiger partial charge in [0, 0.05) is 26.1 Å². The molecule has 0 unspecified atom stereocenters. The Morgan fingerprint density at radius 2 is 2.04 bits per heavy atom. The lowest BCUT2D eigenvalue weighted by molar-refractivity contribution is -0.139. The predicted molar refractivity (Wildman–Crippen MR) is 77.5 cm³/mol. The highest BCUT2D eigenvalue weighted by Gasteiger charge is 2.35. The van der Waals surface area contributed by atoms with Crippen molar-refractivity contribution in [3.05, 3.63) is 35.4 Å². The van der Waals surface area contributed by atoms with Crippen molar-refractivity contribution in [3.8, 4) is 0 Å². The van der Waals surface area contributed by atoms with Crippen molar-refractivity contribution in [2.45, 2.75) is 32.1 Å². The van der Waals surface area contributed by atoms with E-state index in [9.17, 15) is 22.8 Å². The van der Waals surface area contributed by atoms with Gasteiger partial charge >= 0.3 is 12.2 Å². The molecule has 1 saturated heterocycles. The van der Waals surface area contributed by atoms with Gasteiger partial charge in [-0.2, -0.15) is 13.2 Å². The molecule has 1 fully saturated rings. The van der Waals surface area contributed by atoms with Crippen LogP contribution in [-0.4, -0.2) is 36.0 Å². The summed E-state index contributed by atoms with van der Waals surface area (Å²) in [6.45, 7) is 2.29. The largest absolute Gasteiger partial charge is 0.416 e. The lowest BCUT2D eigenvalue weighted by Gasteiger charge is -2.20. The average molecular weight is 329 g/mol. The minimum absolute atomic E-state index is 0.0482. The van der Waals surface area contributed by atoms with Gasteiger partial charge in [-0.25, -0.2) is 4.79 Å². The number of halogens is 3. The molecule has 0 radical (unpaired) electrons. The highest BCUT2D eigenvalue weighted by molar-refractivity contribution is 5.81. The van der Waals surface area contributed by atoms with Crippen molar-refractivity contribution in [2.24, 2.45) is 0 Å². The van der Waals surface area contributed by atoms with Crippen LogP contribution in [0.4, 0.5) is 18.0 Å². The first-order chi connectivity index (χ1) is 10.8.